The van der Waals surface area contributed by atoms with Gasteiger partial charge in [-0.3, -0.25) is 4.79 Å². The second kappa shape index (κ2) is 6.19. The lowest BCUT2D eigenvalue weighted by molar-refractivity contribution is -0.143. The van der Waals surface area contributed by atoms with Crippen LogP contribution in [0.5, 0.6) is 0 Å². The molecule has 98 valence electrons. The van der Waals surface area contributed by atoms with Crippen molar-refractivity contribution in [1.82, 2.24) is 5.32 Å². The molecule has 0 aromatic heterocycles. The maximum atomic E-state index is 12.0. The van der Waals surface area contributed by atoms with Crippen LogP contribution in [0.25, 0.3) is 0 Å². The molecule has 0 saturated carbocycles. The molecular formula is C14H19NO3. The van der Waals surface area contributed by atoms with Gasteiger partial charge in [-0.25, -0.2) is 4.79 Å². The molecule has 0 fully saturated rings. The highest BCUT2D eigenvalue weighted by Crippen LogP contribution is 2.15. The van der Waals surface area contributed by atoms with Crippen LogP contribution in [0.2, 0.25) is 0 Å². The average Bonchev–Trinajstić information content (AvgIpc) is 2.35. The van der Waals surface area contributed by atoms with E-state index in [-0.39, 0.29) is 17.7 Å². The number of carbonyl (C=O) groups is 2. The van der Waals surface area contributed by atoms with Crippen LogP contribution >= 0.6 is 0 Å². The Labute approximate surface area is 107 Å². The molecule has 2 N–H and O–H groups in total. The van der Waals surface area contributed by atoms with Gasteiger partial charge in [0.15, 0.2) is 0 Å². The SMILES string of the molecule is CC(C)[C@@H](NC(=O)[C@@H](C)c1ccccc1)C(=O)O. The minimum atomic E-state index is -1.00. The summed E-state index contributed by atoms with van der Waals surface area (Å²) in [5.74, 6) is -1.76. The van der Waals surface area contributed by atoms with Crippen molar-refractivity contribution < 1.29 is 14.7 Å². The van der Waals surface area contributed by atoms with Crippen molar-refractivity contribution in [1.29, 1.82) is 0 Å². The van der Waals surface area contributed by atoms with E-state index in [1.807, 2.05) is 30.3 Å². The van der Waals surface area contributed by atoms with Crippen molar-refractivity contribution in [2.45, 2.75) is 32.7 Å². The second-order valence-corrected chi connectivity index (χ2v) is 4.70. The van der Waals surface area contributed by atoms with Crippen molar-refractivity contribution in [2.75, 3.05) is 0 Å². The van der Waals surface area contributed by atoms with Crippen LogP contribution in [0.1, 0.15) is 32.3 Å². The molecule has 0 spiro atoms. The first-order chi connectivity index (χ1) is 8.43. The Kier molecular flexibility index (Phi) is 4.89. The second-order valence-electron chi connectivity index (χ2n) is 4.70. The van der Waals surface area contributed by atoms with Crippen LogP contribution in [0, 0.1) is 5.92 Å². The zero-order chi connectivity index (χ0) is 13.7. The van der Waals surface area contributed by atoms with Gasteiger partial charge < -0.3 is 10.4 Å². The lowest BCUT2D eigenvalue weighted by Crippen LogP contribution is -2.45. The summed E-state index contributed by atoms with van der Waals surface area (Å²) < 4.78 is 0. The average molecular weight is 249 g/mol. The number of aliphatic carboxylic acids is 1. The maximum Gasteiger partial charge on any atom is 0.326 e. The first-order valence-electron chi connectivity index (χ1n) is 6.01. The first-order valence-corrected chi connectivity index (χ1v) is 6.01. The third kappa shape index (κ3) is 3.58. The number of benzene rings is 1. The normalized spacial score (nSPS) is 14.0. The van der Waals surface area contributed by atoms with E-state index in [4.69, 9.17) is 5.11 Å². The molecule has 0 radical (unpaired) electrons. The number of hydrogen-bond donors (Lipinski definition) is 2. The van der Waals surface area contributed by atoms with Gasteiger partial charge in [-0.2, -0.15) is 0 Å². The van der Waals surface area contributed by atoms with E-state index >= 15 is 0 Å². The number of carbonyl (C=O) groups excluding carboxylic acids is 1. The van der Waals surface area contributed by atoms with E-state index in [1.54, 1.807) is 20.8 Å². The number of amides is 1. The molecule has 0 saturated heterocycles. The highest BCUT2D eigenvalue weighted by molar-refractivity contribution is 5.87. The minimum Gasteiger partial charge on any atom is -0.480 e. The molecule has 1 aromatic carbocycles. The highest BCUT2D eigenvalue weighted by Gasteiger charge is 2.26. The quantitative estimate of drug-likeness (QED) is 0.839. The zero-order valence-corrected chi connectivity index (χ0v) is 10.9. The van der Waals surface area contributed by atoms with Gasteiger partial charge >= 0.3 is 5.97 Å². The fraction of sp³-hybridized carbons (Fsp3) is 0.429. The molecule has 0 aliphatic carbocycles. The summed E-state index contributed by atoms with van der Waals surface area (Å²) in [7, 11) is 0. The van der Waals surface area contributed by atoms with Gasteiger partial charge in [-0.05, 0) is 18.4 Å². The molecule has 0 bridgehead atoms. The van der Waals surface area contributed by atoms with E-state index in [2.05, 4.69) is 5.32 Å². The van der Waals surface area contributed by atoms with E-state index in [1.165, 1.54) is 0 Å². The molecule has 0 unspecified atom stereocenters. The van der Waals surface area contributed by atoms with Crippen LogP contribution < -0.4 is 5.32 Å². The van der Waals surface area contributed by atoms with Crippen molar-refractivity contribution >= 4 is 11.9 Å². The lowest BCUT2D eigenvalue weighted by atomic mass is 9.98. The number of carboxylic acid groups (broad SMARTS) is 1. The van der Waals surface area contributed by atoms with Gasteiger partial charge in [0.05, 0.1) is 5.92 Å². The summed E-state index contributed by atoms with van der Waals surface area (Å²) in [6.45, 7) is 5.31. The first kappa shape index (κ1) is 14.2. The Morgan fingerprint density at radius 1 is 1.11 bits per heavy atom. The summed E-state index contributed by atoms with van der Waals surface area (Å²) in [4.78, 5) is 23.0. The monoisotopic (exact) mass is 249 g/mol. The fourth-order valence-electron chi connectivity index (χ4n) is 1.68. The zero-order valence-electron chi connectivity index (χ0n) is 10.9. The van der Waals surface area contributed by atoms with Gasteiger partial charge in [0, 0.05) is 0 Å². The van der Waals surface area contributed by atoms with Crippen molar-refractivity contribution in [3.63, 3.8) is 0 Å². The molecular weight excluding hydrogens is 230 g/mol. The van der Waals surface area contributed by atoms with Crippen LogP contribution in [-0.2, 0) is 9.59 Å². The molecule has 1 amide bonds. The van der Waals surface area contributed by atoms with Crippen LogP contribution in [0.4, 0.5) is 0 Å². The van der Waals surface area contributed by atoms with E-state index in [0.29, 0.717) is 0 Å². The topological polar surface area (TPSA) is 66.4 Å². The maximum absolute atomic E-state index is 12.0. The highest BCUT2D eigenvalue weighted by atomic mass is 16.4. The van der Waals surface area contributed by atoms with Crippen LogP contribution in [-0.4, -0.2) is 23.0 Å². The Morgan fingerprint density at radius 3 is 2.11 bits per heavy atom. The van der Waals surface area contributed by atoms with Gasteiger partial charge in [0.1, 0.15) is 6.04 Å². The molecule has 1 rings (SSSR count). The molecule has 0 heterocycles. The Bertz CT molecular complexity index is 414. The largest absolute Gasteiger partial charge is 0.480 e. The molecule has 2 atom stereocenters. The number of carboxylic acids is 1. The van der Waals surface area contributed by atoms with E-state index < -0.39 is 12.0 Å². The predicted octanol–water partition coefficient (Wildman–Crippen LogP) is 2.02. The Balaban J connectivity index is 2.73. The van der Waals surface area contributed by atoms with Crippen LogP contribution in [0.15, 0.2) is 30.3 Å². The summed E-state index contributed by atoms with van der Waals surface area (Å²) in [6.07, 6.45) is 0. The lowest BCUT2D eigenvalue weighted by Gasteiger charge is -2.20. The smallest absolute Gasteiger partial charge is 0.326 e. The molecule has 1 aromatic rings. The summed E-state index contributed by atoms with van der Waals surface area (Å²) in [6, 6.07) is 8.46. The predicted molar refractivity (Wildman–Crippen MR) is 69.3 cm³/mol. The van der Waals surface area contributed by atoms with Gasteiger partial charge in [-0.1, -0.05) is 44.2 Å². The summed E-state index contributed by atoms with van der Waals surface area (Å²) >= 11 is 0. The van der Waals surface area contributed by atoms with Gasteiger partial charge in [-0.15, -0.1) is 0 Å². The standard InChI is InChI=1S/C14H19NO3/c1-9(2)12(14(17)18)15-13(16)10(3)11-7-5-4-6-8-11/h4-10,12H,1-3H3,(H,15,16)(H,17,18)/t10-,12+/m0/s1. The Morgan fingerprint density at radius 2 is 1.67 bits per heavy atom. The molecule has 4 heteroatoms. The fourth-order valence-corrected chi connectivity index (χ4v) is 1.68. The van der Waals surface area contributed by atoms with Crippen molar-refractivity contribution in [2.24, 2.45) is 5.92 Å². The van der Waals surface area contributed by atoms with Gasteiger partial charge in [0.25, 0.3) is 0 Å². The molecule has 0 aliphatic heterocycles. The summed E-state index contributed by atoms with van der Waals surface area (Å²) in [5, 5.41) is 11.6. The number of rotatable bonds is 5. The third-order valence-corrected chi connectivity index (χ3v) is 2.92. The summed E-state index contributed by atoms with van der Waals surface area (Å²) in [5.41, 5.74) is 0.878. The van der Waals surface area contributed by atoms with Crippen molar-refractivity contribution in [3.8, 4) is 0 Å². The van der Waals surface area contributed by atoms with E-state index in [9.17, 15) is 9.59 Å². The van der Waals surface area contributed by atoms with Crippen LogP contribution in [0.3, 0.4) is 0 Å². The van der Waals surface area contributed by atoms with Crippen molar-refractivity contribution in [3.05, 3.63) is 35.9 Å². The number of nitrogens with one attached hydrogen (secondary N) is 1. The number of hydrogen-bond acceptors (Lipinski definition) is 2. The van der Waals surface area contributed by atoms with Gasteiger partial charge in [0.2, 0.25) is 5.91 Å². The molecule has 0 aliphatic rings. The minimum absolute atomic E-state index is 0.144. The Hall–Kier alpha value is -1.84. The molecule has 4 nitrogen and oxygen atoms in total. The van der Waals surface area contributed by atoms with E-state index in [0.717, 1.165) is 5.56 Å². The molecule has 18 heavy (non-hydrogen) atoms. The third-order valence-electron chi connectivity index (χ3n) is 2.92.